The van der Waals surface area contributed by atoms with Gasteiger partial charge in [0.1, 0.15) is 6.04 Å². The summed E-state index contributed by atoms with van der Waals surface area (Å²) in [6.45, 7) is 4.99. The number of morpholine rings is 1. The molecule has 1 fully saturated rings. The Morgan fingerprint density at radius 2 is 2.32 bits per heavy atom. The molecule has 1 N–H and O–H groups in total. The molecule has 0 aliphatic carbocycles. The van der Waals surface area contributed by atoms with Crippen LogP contribution in [0, 0.1) is 0 Å². The first-order chi connectivity index (χ1) is 9.22. The molecule has 1 aliphatic heterocycles. The molecule has 1 aromatic rings. The van der Waals surface area contributed by atoms with Crippen molar-refractivity contribution in [3.63, 3.8) is 0 Å². The van der Waals surface area contributed by atoms with Crippen LogP contribution in [-0.2, 0) is 16.1 Å². The molecule has 1 heterocycles. The summed E-state index contributed by atoms with van der Waals surface area (Å²) in [6.07, 6.45) is 0. The van der Waals surface area contributed by atoms with Crippen LogP contribution in [0.25, 0.3) is 0 Å². The molecule has 1 atom stereocenters. The Morgan fingerprint density at radius 3 is 2.95 bits per heavy atom. The van der Waals surface area contributed by atoms with Crippen molar-refractivity contribution in [2.75, 3.05) is 26.3 Å². The Labute approximate surface area is 118 Å². The first-order valence-corrected chi connectivity index (χ1v) is 6.93. The third-order valence-electron chi connectivity index (χ3n) is 3.23. The van der Waals surface area contributed by atoms with Crippen molar-refractivity contribution in [2.45, 2.75) is 19.5 Å². The lowest BCUT2D eigenvalue weighted by Gasteiger charge is -2.29. The van der Waals surface area contributed by atoms with Gasteiger partial charge in [0, 0.05) is 24.7 Å². The van der Waals surface area contributed by atoms with Crippen LogP contribution in [0.15, 0.2) is 24.3 Å². The monoisotopic (exact) mass is 282 g/mol. The van der Waals surface area contributed by atoms with Crippen LogP contribution in [0.5, 0.6) is 0 Å². The predicted octanol–water partition coefficient (Wildman–Crippen LogP) is 1.68. The van der Waals surface area contributed by atoms with E-state index in [1.165, 1.54) is 0 Å². The molecule has 104 valence electrons. The van der Waals surface area contributed by atoms with Crippen LogP contribution in [0.2, 0.25) is 5.02 Å². The Bertz CT molecular complexity index is 433. The first-order valence-electron chi connectivity index (χ1n) is 6.55. The van der Waals surface area contributed by atoms with Gasteiger partial charge in [-0.25, -0.2) is 0 Å². The Hall–Kier alpha value is -1.10. The van der Waals surface area contributed by atoms with E-state index in [0.29, 0.717) is 31.3 Å². The van der Waals surface area contributed by atoms with Crippen molar-refractivity contribution in [1.82, 2.24) is 10.2 Å². The van der Waals surface area contributed by atoms with E-state index in [0.717, 1.165) is 12.1 Å². The number of halogens is 1. The van der Waals surface area contributed by atoms with E-state index in [2.05, 4.69) is 5.32 Å². The van der Waals surface area contributed by atoms with E-state index in [-0.39, 0.29) is 11.9 Å². The molecule has 1 aliphatic rings. The average Bonchev–Trinajstić information content (AvgIpc) is 2.47. The summed E-state index contributed by atoms with van der Waals surface area (Å²) in [5, 5.41) is 3.88. The number of ether oxygens (including phenoxy) is 1. The molecule has 19 heavy (non-hydrogen) atoms. The van der Waals surface area contributed by atoms with Gasteiger partial charge in [0.2, 0.25) is 5.91 Å². The lowest BCUT2D eigenvalue weighted by atomic mass is 10.1. The summed E-state index contributed by atoms with van der Waals surface area (Å²) in [7, 11) is 0. The van der Waals surface area contributed by atoms with Gasteiger partial charge in [-0.1, -0.05) is 29.8 Å². The number of rotatable bonds is 4. The minimum Gasteiger partial charge on any atom is -0.378 e. The van der Waals surface area contributed by atoms with Gasteiger partial charge < -0.3 is 15.0 Å². The zero-order valence-electron chi connectivity index (χ0n) is 11.1. The van der Waals surface area contributed by atoms with Crippen LogP contribution in [0.3, 0.4) is 0 Å². The fraction of sp³-hybridized carbons (Fsp3) is 0.500. The third-order valence-corrected chi connectivity index (χ3v) is 3.60. The SMILES string of the molecule is CCN(Cc1ccccc1Cl)C(=O)[C@H]1COCCN1. The number of nitrogens with zero attached hydrogens (tertiary/aromatic N) is 1. The number of benzene rings is 1. The van der Waals surface area contributed by atoms with Crippen molar-refractivity contribution in [2.24, 2.45) is 0 Å². The minimum absolute atomic E-state index is 0.0714. The highest BCUT2D eigenvalue weighted by Crippen LogP contribution is 2.17. The van der Waals surface area contributed by atoms with Crippen LogP contribution in [0.1, 0.15) is 12.5 Å². The summed E-state index contributed by atoms with van der Waals surface area (Å²) in [4.78, 5) is 14.2. The second-order valence-corrected chi connectivity index (χ2v) is 4.93. The maximum absolute atomic E-state index is 12.4. The summed E-state index contributed by atoms with van der Waals surface area (Å²) in [6, 6.07) is 7.37. The number of carbonyl (C=O) groups excluding carboxylic acids is 1. The fourth-order valence-corrected chi connectivity index (χ4v) is 2.32. The largest absolute Gasteiger partial charge is 0.378 e. The Balaban J connectivity index is 2.03. The third kappa shape index (κ3) is 3.69. The summed E-state index contributed by atoms with van der Waals surface area (Å²) >= 11 is 6.14. The van der Waals surface area contributed by atoms with Gasteiger partial charge in [-0.05, 0) is 18.6 Å². The molecule has 0 aromatic heterocycles. The number of likely N-dealkylation sites (N-methyl/N-ethyl adjacent to an activating group) is 1. The van der Waals surface area contributed by atoms with Gasteiger partial charge in [-0.15, -0.1) is 0 Å². The van der Waals surface area contributed by atoms with E-state index >= 15 is 0 Å². The molecule has 0 saturated carbocycles. The molecule has 1 saturated heterocycles. The zero-order chi connectivity index (χ0) is 13.7. The molecule has 0 spiro atoms. The molecule has 1 aromatic carbocycles. The van der Waals surface area contributed by atoms with E-state index in [1.807, 2.05) is 31.2 Å². The van der Waals surface area contributed by atoms with E-state index in [9.17, 15) is 4.79 Å². The van der Waals surface area contributed by atoms with Gasteiger partial charge in [0.15, 0.2) is 0 Å². The molecule has 5 heteroatoms. The van der Waals surface area contributed by atoms with Gasteiger partial charge >= 0.3 is 0 Å². The number of hydrogen-bond donors (Lipinski definition) is 1. The van der Waals surface area contributed by atoms with Crippen LogP contribution in [-0.4, -0.2) is 43.2 Å². The van der Waals surface area contributed by atoms with Crippen LogP contribution in [0.4, 0.5) is 0 Å². The minimum atomic E-state index is -0.240. The second kappa shape index (κ2) is 6.89. The predicted molar refractivity (Wildman–Crippen MR) is 75.2 cm³/mol. The molecule has 0 unspecified atom stereocenters. The zero-order valence-corrected chi connectivity index (χ0v) is 11.8. The lowest BCUT2D eigenvalue weighted by Crippen LogP contribution is -2.52. The normalized spacial score (nSPS) is 19.2. The topological polar surface area (TPSA) is 41.6 Å². The van der Waals surface area contributed by atoms with Gasteiger partial charge in [0.05, 0.1) is 13.2 Å². The maximum Gasteiger partial charge on any atom is 0.242 e. The van der Waals surface area contributed by atoms with E-state index in [1.54, 1.807) is 4.90 Å². The van der Waals surface area contributed by atoms with Crippen molar-refractivity contribution in [3.8, 4) is 0 Å². The smallest absolute Gasteiger partial charge is 0.242 e. The number of amides is 1. The summed E-state index contributed by atoms with van der Waals surface area (Å²) < 4.78 is 5.34. The number of hydrogen-bond acceptors (Lipinski definition) is 3. The van der Waals surface area contributed by atoms with Crippen molar-refractivity contribution in [3.05, 3.63) is 34.9 Å². The van der Waals surface area contributed by atoms with Gasteiger partial charge in [-0.2, -0.15) is 0 Å². The standard InChI is InChI=1S/C14H19ClN2O2/c1-2-17(9-11-5-3-4-6-12(11)15)14(18)13-10-19-8-7-16-13/h3-6,13,16H,2,7-10H2,1H3/t13-/m1/s1. The molecule has 2 rings (SSSR count). The highest BCUT2D eigenvalue weighted by molar-refractivity contribution is 6.31. The quantitative estimate of drug-likeness (QED) is 0.914. The fourth-order valence-electron chi connectivity index (χ4n) is 2.12. The van der Waals surface area contributed by atoms with Crippen molar-refractivity contribution >= 4 is 17.5 Å². The Kier molecular flexibility index (Phi) is 5.19. The first kappa shape index (κ1) is 14.3. The molecule has 1 amide bonds. The number of carbonyl (C=O) groups is 1. The van der Waals surface area contributed by atoms with Crippen LogP contribution >= 0.6 is 11.6 Å². The maximum atomic E-state index is 12.4. The molecule has 0 bridgehead atoms. The molecular weight excluding hydrogens is 264 g/mol. The van der Waals surface area contributed by atoms with Gasteiger partial charge in [0.25, 0.3) is 0 Å². The van der Waals surface area contributed by atoms with Crippen molar-refractivity contribution in [1.29, 1.82) is 0 Å². The number of nitrogens with one attached hydrogen (secondary N) is 1. The second-order valence-electron chi connectivity index (χ2n) is 4.53. The van der Waals surface area contributed by atoms with Crippen molar-refractivity contribution < 1.29 is 9.53 Å². The Morgan fingerprint density at radius 1 is 1.53 bits per heavy atom. The molecule has 4 nitrogen and oxygen atoms in total. The van der Waals surface area contributed by atoms with E-state index in [4.69, 9.17) is 16.3 Å². The molecule has 0 radical (unpaired) electrons. The van der Waals surface area contributed by atoms with E-state index < -0.39 is 0 Å². The van der Waals surface area contributed by atoms with Crippen LogP contribution < -0.4 is 5.32 Å². The summed E-state index contributed by atoms with van der Waals surface area (Å²) in [5.74, 6) is 0.0714. The lowest BCUT2D eigenvalue weighted by molar-refractivity contribution is -0.136. The highest BCUT2D eigenvalue weighted by Gasteiger charge is 2.25. The average molecular weight is 283 g/mol. The van der Waals surface area contributed by atoms with Gasteiger partial charge in [-0.3, -0.25) is 4.79 Å². The highest BCUT2D eigenvalue weighted by atomic mass is 35.5. The molecular formula is C14H19ClN2O2. The summed E-state index contributed by atoms with van der Waals surface area (Å²) in [5.41, 5.74) is 0.969.